The van der Waals surface area contributed by atoms with Gasteiger partial charge < -0.3 is 0 Å². The van der Waals surface area contributed by atoms with Crippen LogP contribution in [0.3, 0.4) is 0 Å². The van der Waals surface area contributed by atoms with Gasteiger partial charge in [0.1, 0.15) is 5.78 Å². The molecular weight excluding hydrogens is 228 g/mol. The molecule has 0 saturated heterocycles. The van der Waals surface area contributed by atoms with Crippen molar-refractivity contribution in [2.24, 2.45) is 5.92 Å². The second-order valence-corrected chi connectivity index (χ2v) is 6.05. The normalized spacial score (nSPS) is 16.3. The Kier molecular flexibility index (Phi) is 4.66. The fourth-order valence-corrected chi connectivity index (χ4v) is 3.35. The van der Waals surface area contributed by atoms with E-state index in [1.807, 2.05) is 0 Å². The minimum Gasteiger partial charge on any atom is -0.299 e. The van der Waals surface area contributed by atoms with E-state index in [0.29, 0.717) is 17.5 Å². The van der Waals surface area contributed by atoms with Crippen molar-refractivity contribution in [3.05, 3.63) is 29.8 Å². The molecule has 1 aliphatic rings. The molecule has 1 nitrogen and oxygen atoms in total. The molecule has 92 valence electrons. The van der Waals surface area contributed by atoms with Crippen LogP contribution in [0, 0.1) is 12.8 Å². The van der Waals surface area contributed by atoms with E-state index in [9.17, 15) is 4.79 Å². The highest BCUT2D eigenvalue weighted by atomic mass is 32.2. The van der Waals surface area contributed by atoms with Crippen molar-refractivity contribution in [1.29, 1.82) is 0 Å². The Morgan fingerprint density at radius 2 is 2.12 bits per heavy atom. The standard InChI is InChI=1S/C15H20OS/c1-12-5-4-8-15(9-12)17-11-14(16)10-13-6-2-3-7-13/h4-5,8-9,13H,2-3,6-7,10-11H2,1H3. The first-order valence-corrected chi connectivity index (χ1v) is 7.44. The van der Waals surface area contributed by atoms with Crippen molar-refractivity contribution in [3.63, 3.8) is 0 Å². The average Bonchev–Trinajstić information content (AvgIpc) is 2.79. The SMILES string of the molecule is Cc1cccc(SCC(=O)CC2CCCC2)c1. The highest BCUT2D eigenvalue weighted by Crippen LogP contribution is 2.28. The molecule has 0 spiro atoms. The van der Waals surface area contributed by atoms with Crippen molar-refractivity contribution < 1.29 is 4.79 Å². The van der Waals surface area contributed by atoms with Gasteiger partial charge in [0.25, 0.3) is 0 Å². The summed E-state index contributed by atoms with van der Waals surface area (Å²) in [5, 5.41) is 0. The fraction of sp³-hybridized carbons (Fsp3) is 0.533. The third-order valence-electron chi connectivity index (χ3n) is 3.38. The molecule has 0 radical (unpaired) electrons. The number of hydrogen-bond acceptors (Lipinski definition) is 2. The number of Topliss-reactive ketones (excluding diaryl/α,β-unsaturated/α-hetero) is 1. The van der Waals surface area contributed by atoms with E-state index in [0.717, 1.165) is 6.42 Å². The molecule has 0 N–H and O–H groups in total. The van der Waals surface area contributed by atoms with Crippen LogP contribution in [0.1, 0.15) is 37.7 Å². The van der Waals surface area contributed by atoms with Crippen LogP contribution < -0.4 is 0 Å². The lowest BCUT2D eigenvalue weighted by molar-refractivity contribution is -0.117. The molecule has 0 unspecified atom stereocenters. The van der Waals surface area contributed by atoms with E-state index >= 15 is 0 Å². The van der Waals surface area contributed by atoms with Gasteiger partial charge in [-0.2, -0.15) is 0 Å². The van der Waals surface area contributed by atoms with Gasteiger partial charge in [0.05, 0.1) is 5.75 Å². The fourth-order valence-electron chi connectivity index (χ4n) is 2.46. The van der Waals surface area contributed by atoms with Crippen LogP contribution >= 0.6 is 11.8 Å². The summed E-state index contributed by atoms with van der Waals surface area (Å²) in [7, 11) is 0. The Hall–Kier alpha value is -0.760. The Labute approximate surface area is 108 Å². The summed E-state index contributed by atoms with van der Waals surface area (Å²) in [4.78, 5) is 13.0. The van der Waals surface area contributed by atoms with Crippen molar-refractivity contribution in [3.8, 4) is 0 Å². The lowest BCUT2D eigenvalue weighted by Gasteiger charge is -2.07. The van der Waals surface area contributed by atoms with Gasteiger partial charge in [-0.3, -0.25) is 4.79 Å². The molecular formula is C15H20OS. The molecule has 0 heterocycles. The lowest BCUT2D eigenvalue weighted by Crippen LogP contribution is -2.07. The predicted octanol–water partition coefficient (Wildman–Crippen LogP) is 4.24. The minimum absolute atomic E-state index is 0.420. The quantitative estimate of drug-likeness (QED) is 0.725. The number of aryl methyl sites for hydroxylation is 1. The van der Waals surface area contributed by atoms with Gasteiger partial charge in [-0.05, 0) is 25.0 Å². The maximum atomic E-state index is 11.8. The number of benzene rings is 1. The van der Waals surface area contributed by atoms with Crippen molar-refractivity contribution in [2.75, 3.05) is 5.75 Å². The van der Waals surface area contributed by atoms with Gasteiger partial charge >= 0.3 is 0 Å². The van der Waals surface area contributed by atoms with Gasteiger partial charge in [0.2, 0.25) is 0 Å². The Balaban J connectivity index is 1.75. The highest BCUT2D eigenvalue weighted by molar-refractivity contribution is 8.00. The average molecular weight is 248 g/mol. The van der Waals surface area contributed by atoms with Gasteiger partial charge in [-0.1, -0.05) is 43.4 Å². The van der Waals surface area contributed by atoms with Crippen molar-refractivity contribution in [2.45, 2.75) is 43.9 Å². The summed E-state index contributed by atoms with van der Waals surface area (Å²) in [5.74, 6) is 1.74. The first-order valence-electron chi connectivity index (χ1n) is 6.45. The Morgan fingerprint density at radius 3 is 2.82 bits per heavy atom. The number of hydrogen-bond donors (Lipinski definition) is 0. The van der Waals surface area contributed by atoms with Crippen LogP contribution in [0.4, 0.5) is 0 Å². The van der Waals surface area contributed by atoms with Crippen molar-refractivity contribution in [1.82, 2.24) is 0 Å². The molecule has 2 heteroatoms. The zero-order chi connectivity index (χ0) is 12.1. The van der Waals surface area contributed by atoms with Crippen LogP contribution in [0.15, 0.2) is 29.2 Å². The molecule has 1 saturated carbocycles. The van der Waals surface area contributed by atoms with Gasteiger partial charge in [-0.15, -0.1) is 11.8 Å². The minimum atomic E-state index is 0.420. The second-order valence-electron chi connectivity index (χ2n) is 5.00. The summed E-state index contributed by atoms with van der Waals surface area (Å²) in [6.07, 6.45) is 5.98. The molecule has 1 fully saturated rings. The van der Waals surface area contributed by atoms with E-state index < -0.39 is 0 Å². The van der Waals surface area contributed by atoms with Crippen molar-refractivity contribution >= 4 is 17.5 Å². The van der Waals surface area contributed by atoms with Crippen LogP contribution in [0.5, 0.6) is 0 Å². The summed E-state index contributed by atoms with van der Waals surface area (Å²) in [6, 6.07) is 8.37. The van der Waals surface area contributed by atoms with Gasteiger partial charge in [0, 0.05) is 11.3 Å². The second kappa shape index (κ2) is 6.25. The van der Waals surface area contributed by atoms with Crippen LogP contribution in [0.2, 0.25) is 0 Å². The number of ketones is 1. The summed E-state index contributed by atoms with van der Waals surface area (Å²) in [5.41, 5.74) is 1.26. The van der Waals surface area contributed by atoms with E-state index in [4.69, 9.17) is 0 Å². The lowest BCUT2D eigenvalue weighted by atomic mass is 10.0. The first-order chi connectivity index (χ1) is 8.24. The van der Waals surface area contributed by atoms with Crippen LogP contribution in [-0.2, 0) is 4.79 Å². The Morgan fingerprint density at radius 1 is 1.35 bits per heavy atom. The largest absolute Gasteiger partial charge is 0.299 e. The van der Waals surface area contributed by atoms with Crippen LogP contribution in [-0.4, -0.2) is 11.5 Å². The molecule has 17 heavy (non-hydrogen) atoms. The number of rotatable bonds is 5. The highest BCUT2D eigenvalue weighted by Gasteiger charge is 2.18. The molecule has 0 bridgehead atoms. The van der Waals surface area contributed by atoms with E-state index in [1.165, 1.54) is 36.1 Å². The number of carbonyl (C=O) groups is 1. The van der Waals surface area contributed by atoms with Gasteiger partial charge in [-0.25, -0.2) is 0 Å². The molecule has 1 aromatic carbocycles. The van der Waals surface area contributed by atoms with E-state index in [2.05, 4.69) is 31.2 Å². The Bertz CT molecular complexity index is 380. The molecule has 1 aliphatic carbocycles. The molecule has 1 aromatic rings. The van der Waals surface area contributed by atoms with E-state index in [1.54, 1.807) is 11.8 Å². The third-order valence-corrected chi connectivity index (χ3v) is 4.43. The summed E-state index contributed by atoms with van der Waals surface area (Å²) in [6.45, 7) is 2.09. The zero-order valence-electron chi connectivity index (χ0n) is 10.4. The summed E-state index contributed by atoms with van der Waals surface area (Å²) < 4.78 is 0. The molecule has 0 atom stereocenters. The molecule has 0 aliphatic heterocycles. The first kappa shape index (κ1) is 12.7. The number of carbonyl (C=O) groups excluding carboxylic acids is 1. The third kappa shape index (κ3) is 4.19. The predicted molar refractivity (Wildman–Crippen MR) is 73.5 cm³/mol. The molecule has 0 amide bonds. The molecule has 0 aromatic heterocycles. The zero-order valence-corrected chi connectivity index (χ0v) is 11.3. The topological polar surface area (TPSA) is 17.1 Å². The maximum Gasteiger partial charge on any atom is 0.143 e. The monoisotopic (exact) mass is 248 g/mol. The van der Waals surface area contributed by atoms with Crippen LogP contribution in [0.25, 0.3) is 0 Å². The smallest absolute Gasteiger partial charge is 0.143 e. The van der Waals surface area contributed by atoms with E-state index in [-0.39, 0.29) is 0 Å². The summed E-state index contributed by atoms with van der Waals surface area (Å²) >= 11 is 1.68. The van der Waals surface area contributed by atoms with Gasteiger partial charge in [0.15, 0.2) is 0 Å². The number of thioether (sulfide) groups is 1. The molecule has 2 rings (SSSR count). The maximum absolute atomic E-state index is 11.8.